The van der Waals surface area contributed by atoms with Crippen LogP contribution >= 0.6 is 0 Å². The van der Waals surface area contributed by atoms with Gasteiger partial charge in [-0.2, -0.15) is 0 Å². The van der Waals surface area contributed by atoms with Crippen molar-refractivity contribution < 1.29 is 29.0 Å². The Morgan fingerprint density at radius 3 is 2.16 bits per heavy atom. The second-order valence-electron chi connectivity index (χ2n) is 9.26. The summed E-state index contributed by atoms with van der Waals surface area (Å²) in [5.41, 5.74) is 1.10. The van der Waals surface area contributed by atoms with Crippen LogP contribution in [0.2, 0.25) is 0 Å². The zero-order valence-electron chi connectivity index (χ0n) is 22.7. The first-order valence-corrected chi connectivity index (χ1v) is 13.3. The van der Waals surface area contributed by atoms with Crippen molar-refractivity contribution in [2.45, 2.75) is 53.0 Å². The highest BCUT2D eigenvalue weighted by molar-refractivity contribution is 6.46. The van der Waals surface area contributed by atoms with Crippen molar-refractivity contribution in [1.82, 2.24) is 9.80 Å². The van der Waals surface area contributed by atoms with Crippen LogP contribution in [0.4, 0.5) is 0 Å². The maximum Gasteiger partial charge on any atom is 0.308 e. The first kappa shape index (κ1) is 28.9. The van der Waals surface area contributed by atoms with Gasteiger partial charge in [0.15, 0.2) is 0 Å². The fourth-order valence-electron chi connectivity index (χ4n) is 4.54. The van der Waals surface area contributed by atoms with Crippen LogP contribution < -0.4 is 9.47 Å². The van der Waals surface area contributed by atoms with Gasteiger partial charge in [-0.3, -0.25) is 14.4 Å². The summed E-state index contributed by atoms with van der Waals surface area (Å²) in [6.07, 6.45) is 3.16. The van der Waals surface area contributed by atoms with Gasteiger partial charge in [-0.25, -0.2) is 0 Å². The SMILES string of the molecule is CCCCCOc1ccc(/C(O)=C2/C(=O)C(=O)N(CCN(CC)CC)C2c2ccc(OC(C)=O)cc2)cc1. The molecule has 0 radical (unpaired) electrons. The number of likely N-dealkylation sites (tertiary alicyclic amines) is 1. The molecule has 8 nitrogen and oxygen atoms in total. The molecule has 204 valence electrons. The number of ketones is 1. The van der Waals surface area contributed by atoms with Gasteiger partial charge in [0.25, 0.3) is 11.7 Å². The average Bonchev–Trinajstić information content (AvgIpc) is 3.17. The van der Waals surface area contributed by atoms with E-state index in [4.69, 9.17) is 9.47 Å². The molecule has 0 aromatic heterocycles. The fraction of sp³-hybridized carbons (Fsp3) is 0.433. The first-order valence-electron chi connectivity index (χ1n) is 13.3. The molecule has 1 amide bonds. The second-order valence-corrected chi connectivity index (χ2v) is 9.26. The lowest BCUT2D eigenvalue weighted by atomic mass is 9.95. The van der Waals surface area contributed by atoms with Crippen LogP contribution in [-0.4, -0.2) is 65.4 Å². The Hall–Kier alpha value is -3.65. The van der Waals surface area contributed by atoms with Gasteiger partial charge < -0.3 is 24.4 Å². The summed E-state index contributed by atoms with van der Waals surface area (Å²) in [5, 5.41) is 11.3. The Morgan fingerprint density at radius 2 is 1.58 bits per heavy atom. The van der Waals surface area contributed by atoms with Crippen molar-refractivity contribution in [3.63, 3.8) is 0 Å². The summed E-state index contributed by atoms with van der Waals surface area (Å²) in [5.74, 6) is -1.02. The molecule has 1 fully saturated rings. The maximum atomic E-state index is 13.3. The Morgan fingerprint density at radius 1 is 0.947 bits per heavy atom. The number of carbonyl (C=O) groups is 3. The first-order chi connectivity index (χ1) is 18.3. The van der Waals surface area contributed by atoms with Crippen molar-refractivity contribution in [2.75, 3.05) is 32.8 Å². The lowest BCUT2D eigenvalue weighted by molar-refractivity contribution is -0.140. The number of nitrogens with zero attached hydrogens (tertiary/aromatic N) is 2. The Labute approximate surface area is 224 Å². The molecule has 8 heteroatoms. The maximum absolute atomic E-state index is 13.3. The number of hydrogen-bond donors (Lipinski definition) is 1. The summed E-state index contributed by atoms with van der Waals surface area (Å²) in [6, 6.07) is 12.8. The van der Waals surface area contributed by atoms with E-state index in [1.165, 1.54) is 11.8 Å². The topological polar surface area (TPSA) is 96.4 Å². The van der Waals surface area contributed by atoms with Crippen LogP contribution in [0, 0.1) is 0 Å². The molecule has 1 heterocycles. The monoisotopic (exact) mass is 522 g/mol. The summed E-state index contributed by atoms with van der Waals surface area (Å²) in [4.78, 5) is 41.5. The molecule has 1 N–H and O–H groups in total. The van der Waals surface area contributed by atoms with Crippen LogP contribution in [0.3, 0.4) is 0 Å². The minimum Gasteiger partial charge on any atom is -0.507 e. The average molecular weight is 523 g/mol. The van der Waals surface area contributed by atoms with Crippen LogP contribution in [0.15, 0.2) is 54.1 Å². The van der Waals surface area contributed by atoms with E-state index in [2.05, 4.69) is 11.8 Å². The molecule has 2 aromatic rings. The molecule has 1 atom stereocenters. The molecule has 2 aromatic carbocycles. The van der Waals surface area contributed by atoms with E-state index in [0.29, 0.717) is 42.3 Å². The fourth-order valence-corrected chi connectivity index (χ4v) is 4.54. The van der Waals surface area contributed by atoms with Crippen molar-refractivity contribution in [3.8, 4) is 11.5 Å². The Balaban J connectivity index is 1.97. The van der Waals surface area contributed by atoms with E-state index >= 15 is 0 Å². The van der Waals surface area contributed by atoms with E-state index in [1.807, 2.05) is 13.8 Å². The van der Waals surface area contributed by atoms with Crippen LogP contribution in [0.1, 0.15) is 64.1 Å². The highest BCUT2D eigenvalue weighted by Crippen LogP contribution is 2.40. The van der Waals surface area contributed by atoms with Gasteiger partial charge in [0.05, 0.1) is 18.2 Å². The van der Waals surface area contributed by atoms with Gasteiger partial charge in [0.2, 0.25) is 0 Å². The number of aliphatic hydroxyl groups excluding tert-OH is 1. The number of rotatable bonds is 13. The highest BCUT2D eigenvalue weighted by atomic mass is 16.5. The van der Waals surface area contributed by atoms with Crippen molar-refractivity contribution >= 4 is 23.4 Å². The van der Waals surface area contributed by atoms with E-state index in [9.17, 15) is 19.5 Å². The van der Waals surface area contributed by atoms with E-state index in [1.54, 1.807) is 48.5 Å². The molecule has 1 unspecified atom stereocenters. The summed E-state index contributed by atoms with van der Waals surface area (Å²) >= 11 is 0. The molecule has 38 heavy (non-hydrogen) atoms. The molecular weight excluding hydrogens is 484 g/mol. The van der Waals surface area contributed by atoms with Crippen LogP contribution in [0.5, 0.6) is 11.5 Å². The summed E-state index contributed by atoms with van der Waals surface area (Å²) in [6.45, 7) is 10.7. The lowest BCUT2D eigenvalue weighted by Gasteiger charge is -2.28. The number of likely N-dealkylation sites (N-methyl/N-ethyl adjacent to an activating group) is 1. The van der Waals surface area contributed by atoms with Gasteiger partial charge >= 0.3 is 5.97 Å². The smallest absolute Gasteiger partial charge is 0.308 e. The molecule has 0 bridgehead atoms. The van der Waals surface area contributed by atoms with E-state index in [0.717, 1.165) is 32.4 Å². The number of hydrogen-bond acceptors (Lipinski definition) is 7. The number of esters is 1. The third kappa shape index (κ3) is 7.01. The van der Waals surface area contributed by atoms with E-state index < -0.39 is 23.7 Å². The molecular formula is C30H38N2O6. The second kappa shape index (κ2) is 13.8. The van der Waals surface area contributed by atoms with Crippen molar-refractivity contribution in [3.05, 3.63) is 65.2 Å². The minimum absolute atomic E-state index is 0.0337. The molecule has 0 saturated carbocycles. The predicted octanol–water partition coefficient (Wildman–Crippen LogP) is 4.94. The van der Waals surface area contributed by atoms with E-state index in [-0.39, 0.29) is 11.3 Å². The third-order valence-electron chi connectivity index (χ3n) is 6.69. The minimum atomic E-state index is -0.776. The zero-order valence-corrected chi connectivity index (χ0v) is 22.7. The molecule has 1 aliphatic rings. The molecule has 3 rings (SSSR count). The molecule has 0 spiro atoms. The van der Waals surface area contributed by atoms with Crippen molar-refractivity contribution in [1.29, 1.82) is 0 Å². The van der Waals surface area contributed by atoms with Crippen molar-refractivity contribution in [2.24, 2.45) is 0 Å². The Bertz CT molecular complexity index is 1140. The quantitative estimate of drug-likeness (QED) is 0.0994. The summed E-state index contributed by atoms with van der Waals surface area (Å²) < 4.78 is 10.9. The molecule has 1 aliphatic heterocycles. The number of aliphatic hydroxyl groups is 1. The van der Waals surface area contributed by atoms with Gasteiger partial charge in [0, 0.05) is 25.6 Å². The van der Waals surface area contributed by atoms with Gasteiger partial charge in [0.1, 0.15) is 17.3 Å². The standard InChI is InChI=1S/C30H38N2O6/c1-5-8-9-20-37-24-14-12-23(13-15-24)28(34)26-27(22-10-16-25(17-11-22)38-21(4)33)32(30(36)29(26)35)19-18-31(6-2)7-3/h10-17,27,34H,5-9,18-20H2,1-4H3/b28-26-. The normalized spacial score (nSPS) is 16.8. The lowest BCUT2D eigenvalue weighted by Crippen LogP contribution is -2.38. The number of benzene rings is 2. The number of Topliss-reactive ketones (excluding diaryl/α,β-unsaturated/α-hetero) is 1. The van der Waals surface area contributed by atoms with Gasteiger partial charge in [-0.15, -0.1) is 0 Å². The number of carbonyl (C=O) groups excluding carboxylic acids is 3. The summed E-state index contributed by atoms with van der Waals surface area (Å²) in [7, 11) is 0. The number of ether oxygens (including phenoxy) is 2. The Kier molecular flexibility index (Phi) is 10.5. The number of unbranched alkanes of at least 4 members (excludes halogenated alkanes) is 2. The molecule has 0 aliphatic carbocycles. The van der Waals surface area contributed by atoms with Crippen LogP contribution in [0.25, 0.3) is 5.76 Å². The number of amides is 1. The van der Waals surface area contributed by atoms with Crippen LogP contribution in [-0.2, 0) is 14.4 Å². The highest BCUT2D eigenvalue weighted by Gasteiger charge is 2.46. The zero-order chi connectivity index (χ0) is 27.7. The largest absolute Gasteiger partial charge is 0.507 e. The third-order valence-corrected chi connectivity index (χ3v) is 6.69. The van der Waals surface area contributed by atoms with Gasteiger partial charge in [-0.05, 0) is 61.5 Å². The predicted molar refractivity (Wildman–Crippen MR) is 146 cm³/mol. The van der Waals surface area contributed by atoms with Gasteiger partial charge in [-0.1, -0.05) is 45.7 Å². The molecule has 1 saturated heterocycles.